The van der Waals surface area contributed by atoms with Crippen LogP contribution in [0.25, 0.3) is 11.3 Å². The highest BCUT2D eigenvalue weighted by molar-refractivity contribution is 5.95. The Labute approximate surface area is 152 Å². The normalized spacial score (nSPS) is 11.0. The molecule has 138 valence electrons. The van der Waals surface area contributed by atoms with Crippen LogP contribution in [-0.4, -0.2) is 22.6 Å². The number of nitrogen functional groups attached to an aromatic ring is 1. The molecule has 7 heteroatoms. The largest absolute Gasteiger partial charge is 0.444 e. The van der Waals surface area contributed by atoms with Crippen molar-refractivity contribution in [2.75, 3.05) is 0 Å². The Bertz CT molecular complexity index is 813. The van der Waals surface area contributed by atoms with E-state index in [2.05, 4.69) is 15.7 Å². The van der Waals surface area contributed by atoms with Crippen molar-refractivity contribution in [2.24, 2.45) is 5.84 Å². The number of rotatable bonds is 4. The van der Waals surface area contributed by atoms with Gasteiger partial charge in [0.1, 0.15) is 5.60 Å². The van der Waals surface area contributed by atoms with Crippen LogP contribution in [0.2, 0.25) is 0 Å². The van der Waals surface area contributed by atoms with Gasteiger partial charge in [-0.3, -0.25) is 15.2 Å². The summed E-state index contributed by atoms with van der Waals surface area (Å²) in [7, 11) is 0. The Morgan fingerprint density at radius 1 is 1.19 bits per heavy atom. The zero-order valence-electron chi connectivity index (χ0n) is 15.4. The molecule has 1 heterocycles. The number of aromatic nitrogens is 1. The summed E-state index contributed by atoms with van der Waals surface area (Å²) < 4.78 is 5.22. The van der Waals surface area contributed by atoms with E-state index < -0.39 is 11.7 Å². The van der Waals surface area contributed by atoms with Crippen LogP contribution in [0, 0.1) is 6.92 Å². The van der Waals surface area contributed by atoms with Gasteiger partial charge in [-0.05, 0) is 69.2 Å². The molecule has 0 fully saturated rings. The van der Waals surface area contributed by atoms with Crippen LogP contribution in [0.4, 0.5) is 4.79 Å². The Balaban J connectivity index is 2.18. The summed E-state index contributed by atoms with van der Waals surface area (Å²) >= 11 is 0. The molecule has 0 spiro atoms. The molecule has 0 aliphatic rings. The van der Waals surface area contributed by atoms with Gasteiger partial charge in [-0.25, -0.2) is 10.6 Å². The number of hydrazine groups is 1. The standard InChI is InChI=1S/C19H24N4O3/c1-12-7-14(10-15(8-12)17(24)23-20)16-9-13(5-6-21-16)11-22-18(25)26-19(2,3)4/h5-10H,11,20H2,1-4H3,(H,22,25)(H,23,24). The van der Waals surface area contributed by atoms with Gasteiger partial charge in [0.15, 0.2) is 0 Å². The van der Waals surface area contributed by atoms with Gasteiger partial charge < -0.3 is 10.1 Å². The van der Waals surface area contributed by atoms with Crippen molar-refractivity contribution >= 4 is 12.0 Å². The predicted molar refractivity (Wildman–Crippen MR) is 99.1 cm³/mol. The molecule has 0 aliphatic carbocycles. The van der Waals surface area contributed by atoms with E-state index >= 15 is 0 Å². The third kappa shape index (κ3) is 5.56. The fourth-order valence-corrected chi connectivity index (χ4v) is 2.38. The lowest BCUT2D eigenvalue weighted by Crippen LogP contribution is -2.32. The molecule has 1 aromatic heterocycles. The second-order valence-corrected chi connectivity index (χ2v) is 6.97. The van der Waals surface area contributed by atoms with E-state index in [9.17, 15) is 9.59 Å². The van der Waals surface area contributed by atoms with Crippen LogP contribution < -0.4 is 16.6 Å². The van der Waals surface area contributed by atoms with Crippen LogP contribution in [0.15, 0.2) is 36.5 Å². The number of nitrogens with two attached hydrogens (primary N) is 1. The molecule has 2 rings (SSSR count). The number of benzene rings is 1. The van der Waals surface area contributed by atoms with Crippen LogP contribution in [0.1, 0.15) is 42.3 Å². The Morgan fingerprint density at radius 3 is 2.58 bits per heavy atom. The minimum Gasteiger partial charge on any atom is -0.444 e. The summed E-state index contributed by atoms with van der Waals surface area (Å²) in [6.07, 6.45) is 1.18. The molecule has 26 heavy (non-hydrogen) atoms. The number of carbonyl (C=O) groups excluding carboxylic acids is 2. The number of ether oxygens (including phenoxy) is 1. The van der Waals surface area contributed by atoms with E-state index in [0.29, 0.717) is 17.8 Å². The molecular weight excluding hydrogens is 332 g/mol. The summed E-state index contributed by atoms with van der Waals surface area (Å²) in [4.78, 5) is 27.9. The number of hydrogen-bond acceptors (Lipinski definition) is 5. The zero-order valence-corrected chi connectivity index (χ0v) is 15.4. The van der Waals surface area contributed by atoms with Crippen molar-refractivity contribution in [2.45, 2.75) is 39.8 Å². The molecule has 0 saturated carbocycles. The molecule has 0 aliphatic heterocycles. The first-order valence-electron chi connectivity index (χ1n) is 8.23. The number of carbonyl (C=O) groups is 2. The quantitative estimate of drug-likeness (QED) is 0.444. The number of nitrogens with one attached hydrogen (secondary N) is 2. The number of amides is 2. The van der Waals surface area contributed by atoms with Gasteiger partial charge in [-0.2, -0.15) is 0 Å². The van der Waals surface area contributed by atoms with Crippen molar-refractivity contribution in [1.82, 2.24) is 15.7 Å². The average Bonchev–Trinajstić information content (AvgIpc) is 2.57. The summed E-state index contributed by atoms with van der Waals surface area (Å²) in [6, 6.07) is 9.07. The maximum atomic E-state index is 11.8. The predicted octanol–water partition coefficient (Wildman–Crippen LogP) is 2.69. The van der Waals surface area contributed by atoms with E-state index in [1.54, 1.807) is 18.3 Å². The van der Waals surface area contributed by atoms with Crippen LogP contribution >= 0.6 is 0 Å². The van der Waals surface area contributed by atoms with Gasteiger partial charge in [-0.1, -0.05) is 0 Å². The van der Waals surface area contributed by atoms with Crippen LogP contribution in [0.3, 0.4) is 0 Å². The second-order valence-electron chi connectivity index (χ2n) is 6.97. The maximum absolute atomic E-state index is 11.8. The lowest BCUT2D eigenvalue weighted by molar-refractivity contribution is 0.0523. The summed E-state index contributed by atoms with van der Waals surface area (Å²) in [5.74, 6) is 4.85. The highest BCUT2D eigenvalue weighted by Gasteiger charge is 2.16. The molecular formula is C19H24N4O3. The molecule has 0 atom stereocenters. The number of aryl methyl sites for hydroxylation is 1. The SMILES string of the molecule is Cc1cc(C(=O)NN)cc(-c2cc(CNC(=O)OC(C)(C)C)ccn2)c1. The van der Waals surface area contributed by atoms with Crippen molar-refractivity contribution in [3.8, 4) is 11.3 Å². The number of alkyl carbamates (subject to hydrolysis) is 1. The van der Waals surface area contributed by atoms with Gasteiger partial charge in [0.25, 0.3) is 5.91 Å². The molecule has 0 radical (unpaired) electrons. The van der Waals surface area contributed by atoms with Gasteiger partial charge in [0.2, 0.25) is 0 Å². The van der Waals surface area contributed by atoms with Gasteiger partial charge >= 0.3 is 6.09 Å². The summed E-state index contributed by atoms with van der Waals surface area (Å²) in [5, 5.41) is 2.71. The van der Waals surface area contributed by atoms with Crippen molar-refractivity contribution in [1.29, 1.82) is 0 Å². The third-order valence-electron chi connectivity index (χ3n) is 3.43. The topological polar surface area (TPSA) is 106 Å². The highest BCUT2D eigenvalue weighted by atomic mass is 16.6. The number of nitrogens with zero attached hydrogens (tertiary/aromatic N) is 1. The molecule has 2 aromatic rings. The van der Waals surface area contributed by atoms with E-state index in [4.69, 9.17) is 10.6 Å². The maximum Gasteiger partial charge on any atom is 0.407 e. The van der Waals surface area contributed by atoms with Gasteiger partial charge in [0.05, 0.1) is 5.69 Å². The average molecular weight is 356 g/mol. The summed E-state index contributed by atoms with van der Waals surface area (Å²) in [6.45, 7) is 7.63. The molecule has 7 nitrogen and oxygen atoms in total. The molecule has 0 unspecified atom stereocenters. The van der Waals surface area contributed by atoms with E-state index in [0.717, 1.165) is 16.7 Å². The highest BCUT2D eigenvalue weighted by Crippen LogP contribution is 2.21. The van der Waals surface area contributed by atoms with Gasteiger partial charge in [-0.15, -0.1) is 0 Å². The molecule has 1 aromatic carbocycles. The van der Waals surface area contributed by atoms with Crippen LogP contribution in [0.5, 0.6) is 0 Å². The third-order valence-corrected chi connectivity index (χ3v) is 3.43. The Hall–Kier alpha value is -2.93. The van der Waals surface area contributed by atoms with Gasteiger partial charge in [0, 0.05) is 23.9 Å². The molecule has 0 saturated heterocycles. The lowest BCUT2D eigenvalue weighted by atomic mass is 10.0. The monoisotopic (exact) mass is 356 g/mol. The van der Waals surface area contributed by atoms with E-state index in [1.165, 1.54) is 0 Å². The fourth-order valence-electron chi connectivity index (χ4n) is 2.38. The number of hydrogen-bond donors (Lipinski definition) is 3. The molecule has 4 N–H and O–H groups in total. The first kappa shape index (κ1) is 19.4. The Morgan fingerprint density at radius 2 is 1.92 bits per heavy atom. The number of pyridine rings is 1. The minimum atomic E-state index is -0.547. The fraction of sp³-hybridized carbons (Fsp3) is 0.316. The van der Waals surface area contributed by atoms with Crippen molar-refractivity contribution in [3.63, 3.8) is 0 Å². The summed E-state index contributed by atoms with van der Waals surface area (Å²) in [5.41, 5.74) is 5.32. The first-order chi connectivity index (χ1) is 12.2. The van der Waals surface area contributed by atoms with E-state index in [-0.39, 0.29) is 5.91 Å². The minimum absolute atomic E-state index is 0.312. The van der Waals surface area contributed by atoms with Crippen molar-refractivity contribution in [3.05, 3.63) is 53.2 Å². The lowest BCUT2D eigenvalue weighted by Gasteiger charge is -2.19. The zero-order chi connectivity index (χ0) is 19.3. The Kier molecular flexibility index (Phi) is 5.94. The van der Waals surface area contributed by atoms with Crippen LogP contribution in [-0.2, 0) is 11.3 Å². The van der Waals surface area contributed by atoms with E-state index in [1.807, 2.05) is 45.9 Å². The molecule has 0 bridgehead atoms. The first-order valence-corrected chi connectivity index (χ1v) is 8.23. The van der Waals surface area contributed by atoms with Crippen molar-refractivity contribution < 1.29 is 14.3 Å². The smallest absolute Gasteiger partial charge is 0.407 e. The molecule has 2 amide bonds. The second kappa shape index (κ2) is 7.97.